The van der Waals surface area contributed by atoms with Gasteiger partial charge in [-0.3, -0.25) is 10.0 Å². The van der Waals surface area contributed by atoms with Crippen molar-refractivity contribution < 1.29 is 23.5 Å². The van der Waals surface area contributed by atoms with Crippen LogP contribution >= 0.6 is 0 Å². The summed E-state index contributed by atoms with van der Waals surface area (Å²) in [7, 11) is 0. The summed E-state index contributed by atoms with van der Waals surface area (Å²) in [6.07, 6.45) is -1.66. The minimum Gasteiger partial charge on any atom is -0.489 e. The number of hydroxylamine groups is 1. The average Bonchev–Trinajstić information content (AvgIpc) is 2.65. The van der Waals surface area contributed by atoms with Gasteiger partial charge in [0, 0.05) is 17.5 Å². The van der Waals surface area contributed by atoms with Crippen molar-refractivity contribution in [1.29, 1.82) is 0 Å². The molecular formula is C20H23F2NO3. The number of benzene rings is 2. The van der Waals surface area contributed by atoms with Crippen LogP contribution in [-0.4, -0.2) is 11.1 Å². The van der Waals surface area contributed by atoms with E-state index in [1.807, 2.05) is 25.1 Å². The van der Waals surface area contributed by atoms with E-state index in [0.29, 0.717) is 16.4 Å². The number of aryl methyl sites for hydroxylation is 2. The molecule has 26 heavy (non-hydrogen) atoms. The smallest absolute Gasteiger partial charge is 0.263 e. The quantitative estimate of drug-likeness (QED) is 0.543. The van der Waals surface area contributed by atoms with Crippen molar-refractivity contribution in [2.45, 2.75) is 46.6 Å². The van der Waals surface area contributed by atoms with Crippen LogP contribution in [0.2, 0.25) is 0 Å². The molecule has 0 aliphatic rings. The molecule has 0 heterocycles. The number of rotatable bonds is 7. The standard InChI is InChI=1S/C20H23F2NO3/c1-4-14-6-9-18(13(3)10-14)26-12-16-11-15(20(21)22)7-8-17(16)23(25)19(24)5-2/h6-11,20,25H,4-5,12H2,1-3H3. The molecule has 0 radical (unpaired) electrons. The van der Waals surface area contributed by atoms with Crippen molar-refractivity contribution in [2.24, 2.45) is 0 Å². The van der Waals surface area contributed by atoms with E-state index in [2.05, 4.69) is 6.92 Å². The van der Waals surface area contributed by atoms with Crippen LogP contribution in [0.15, 0.2) is 36.4 Å². The van der Waals surface area contributed by atoms with E-state index in [-0.39, 0.29) is 24.3 Å². The summed E-state index contributed by atoms with van der Waals surface area (Å²) in [5.74, 6) is 0.0986. The van der Waals surface area contributed by atoms with Gasteiger partial charge >= 0.3 is 0 Å². The average molecular weight is 363 g/mol. The maximum atomic E-state index is 13.0. The van der Waals surface area contributed by atoms with Crippen LogP contribution < -0.4 is 9.80 Å². The van der Waals surface area contributed by atoms with Crippen LogP contribution in [0.5, 0.6) is 5.75 Å². The molecule has 0 fully saturated rings. The van der Waals surface area contributed by atoms with Gasteiger partial charge in [0.15, 0.2) is 0 Å². The molecule has 0 aliphatic heterocycles. The van der Waals surface area contributed by atoms with Crippen LogP contribution in [-0.2, 0) is 17.8 Å². The summed E-state index contributed by atoms with van der Waals surface area (Å²) in [4.78, 5) is 11.8. The number of ether oxygens (including phenoxy) is 1. The van der Waals surface area contributed by atoms with Crippen molar-refractivity contribution in [3.05, 3.63) is 58.7 Å². The molecule has 0 saturated heterocycles. The maximum absolute atomic E-state index is 13.0. The number of carbonyl (C=O) groups is 1. The largest absolute Gasteiger partial charge is 0.489 e. The Bertz CT molecular complexity index is 778. The molecule has 0 spiro atoms. The molecule has 0 aliphatic carbocycles. The number of amides is 1. The monoisotopic (exact) mass is 363 g/mol. The summed E-state index contributed by atoms with van der Waals surface area (Å²) in [5.41, 5.74) is 2.37. The fourth-order valence-corrected chi connectivity index (χ4v) is 2.60. The molecule has 0 saturated carbocycles. The molecule has 6 heteroatoms. The number of anilines is 1. The Balaban J connectivity index is 2.30. The molecule has 2 aromatic carbocycles. The fraction of sp³-hybridized carbons (Fsp3) is 0.350. The molecule has 0 aromatic heterocycles. The summed E-state index contributed by atoms with van der Waals surface area (Å²) in [5, 5.41) is 10.5. The van der Waals surface area contributed by atoms with E-state index in [1.165, 1.54) is 23.8 Å². The first kappa shape index (κ1) is 19.8. The zero-order valence-corrected chi connectivity index (χ0v) is 15.1. The second-order valence-corrected chi connectivity index (χ2v) is 5.99. The topological polar surface area (TPSA) is 49.8 Å². The highest BCUT2D eigenvalue weighted by atomic mass is 19.3. The predicted octanol–water partition coefficient (Wildman–Crippen LogP) is 5.21. The normalized spacial score (nSPS) is 10.9. The van der Waals surface area contributed by atoms with Gasteiger partial charge in [0.1, 0.15) is 12.4 Å². The SMILES string of the molecule is CCC(=O)N(O)c1ccc(C(F)F)cc1COc1ccc(CC)cc1C. The van der Waals surface area contributed by atoms with Crippen molar-refractivity contribution >= 4 is 11.6 Å². The Kier molecular flexibility index (Phi) is 6.69. The van der Waals surface area contributed by atoms with Gasteiger partial charge in [-0.15, -0.1) is 0 Å². The Morgan fingerprint density at radius 2 is 1.92 bits per heavy atom. The summed E-state index contributed by atoms with van der Waals surface area (Å²) in [6, 6.07) is 9.53. The Morgan fingerprint density at radius 3 is 2.50 bits per heavy atom. The number of alkyl halides is 2. The molecule has 0 atom stereocenters. The van der Waals surface area contributed by atoms with Gasteiger partial charge in [-0.2, -0.15) is 5.06 Å². The number of nitrogens with zero attached hydrogens (tertiary/aromatic N) is 1. The van der Waals surface area contributed by atoms with Gasteiger partial charge in [0.05, 0.1) is 5.69 Å². The van der Waals surface area contributed by atoms with Crippen LogP contribution in [0.25, 0.3) is 0 Å². The first-order valence-corrected chi connectivity index (χ1v) is 8.52. The molecule has 2 aromatic rings. The summed E-state index contributed by atoms with van der Waals surface area (Å²) >= 11 is 0. The predicted molar refractivity (Wildman–Crippen MR) is 95.9 cm³/mol. The van der Waals surface area contributed by atoms with E-state index < -0.39 is 12.3 Å². The van der Waals surface area contributed by atoms with Crippen molar-refractivity contribution in [3.8, 4) is 5.75 Å². The maximum Gasteiger partial charge on any atom is 0.263 e. The lowest BCUT2D eigenvalue weighted by atomic mass is 10.1. The first-order chi connectivity index (χ1) is 12.4. The lowest BCUT2D eigenvalue weighted by molar-refractivity contribution is -0.123. The van der Waals surface area contributed by atoms with Crippen molar-refractivity contribution in [2.75, 3.05) is 5.06 Å². The van der Waals surface area contributed by atoms with Gasteiger partial charge in [-0.25, -0.2) is 8.78 Å². The molecule has 1 amide bonds. The second-order valence-electron chi connectivity index (χ2n) is 5.99. The summed E-state index contributed by atoms with van der Waals surface area (Å²) < 4.78 is 31.8. The number of halogens is 2. The fourth-order valence-electron chi connectivity index (χ4n) is 2.60. The minimum atomic E-state index is -2.65. The van der Waals surface area contributed by atoms with Crippen LogP contribution in [0.3, 0.4) is 0 Å². The minimum absolute atomic E-state index is 0.0454. The van der Waals surface area contributed by atoms with Crippen LogP contribution in [0, 0.1) is 6.92 Å². The third kappa shape index (κ3) is 4.58. The molecule has 4 nitrogen and oxygen atoms in total. The summed E-state index contributed by atoms with van der Waals surface area (Å²) in [6.45, 7) is 5.52. The van der Waals surface area contributed by atoms with Gasteiger partial charge in [-0.1, -0.05) is 32.0 Å². The van der Waals surface area contributed by atoms with E-state index in [1.54, 1.807) is 6.92 Å². The molecule has 1 N–H and O–H groups in total. The Labute approximate surface area is 152 Å². The van der Waals surface area contributed by atoms with Crippen molar-refractivity contribution in [3.63, 3.8) is 0 Å². The highest BCUT2D eigenvalue weighted by molar-refractivity contribution is 5.91. The van der Waals surface area contributed by atoms with Crippen molar-refractivity contribution in [1.82, 2.24) is 0 Å². The van der Waals surface area contributed by atoms with Gasteiger partial charge in [0.2, 0.25) is 5.91 Å². The lowest BCUT2D eigenvalue weighted by Crippen LogP contribution is -2.27. The molecule has 0 unspecified atom stereocenters. The number of carbonyl (C=O) groups excluding carboxylic acids is 1. The Hall–Kier alpha value is -2.47. The highest BCUT2D eigenvalue weighted by Gasteiger charge is 2.18. The molecular weight excluding hydrogens is 340 g/mol. The van der Waals surface area contributed by atoms with Gasteiger partial charge in [-0.05, 0) is 42.7 Å². The second kappa shape index (κ2) is 8.76. The third-order valence-corrected chi connectivity index (χ3v) is 4.15. The Morgan fingerprint density at radius 1 is 1.19 bits per heavy atom. The van der Waals surface area contributed by atoms with E-state index in [0.717, 1.165) is 12.0 Å². The van der Waals surface area contributed by atoms with Crippen LogP contribution in [0.1, 0.15) is 48.9 Å². The van der Waals surface area contributed by atoms with E-state index >= 15 is 0 Å². The molecule has 0 bridgehead atoms. The lowest BCUT2D eigenvalue weighted by Gasteiger charge is -2.20. The number of hydrogen-bond donors (Lipinski definition) is 1. The molecule has 140 valence electrons. The highest BCUT2D eigenvalue weighted by Crippen LogP contribution is 2.29. The zero-order chi connectivity index (χ0) is 19.3. The first-order valence-electron chi connectivity index (χ1n) is 8.52. The third-order valence-electron chi connectivity index (χ3n) is 4.15. The van der Waals surface area contributed by atoms with E-state index in [9.17, 15) is 18.8 Å². The van der Waals surface area contributed by atoms with Crippen LogP contribution in [0.4, 0.5) is 14.5 Å². The zero-order valence-electron chi connectivity index (χ0n) is 15.1. The van der Waals surface area contributed by atoms with E-state index in [4.69, 9.17) is 4.74 Å². The van der Waals surface area contributed by atoms with Gasteiger partial charge < -0.3 is 4.74 Å². The molecule has 2 rings (SSSR count). The van der Waals surface area contributed by atoms with Gasteiger partial charge in [0.25, 0.3) is 6.43 Å². The number of hydrogen-bond acceptors (Lipinski definition) is 3.